The Balaban J connectivity index is 1.75. The van der Waals surface area contributed by atoms with Gasteiger partial charge in [-0.05, 0) is 26.8 Å². The van der Waals surface area contributed by atoms with Crippen molar-refractivity contribution in [3.63, 3.8) is 0 Å². The van der Waals surface area contributed by atoms with Crippen LogP contribution in [0.5, 0.6) is 0 Å². The summed E-state index contributed by atoms with van der Waals surface area (Å²) in [6.45, 7) is 4.37. The van der Waals surface area contributed by atoms with Gasteiger partial charge in [-0.25, -0.2) is 4.98 Å². The van der Waals surface area contributed by atoms with E-state index in [4.69, 9.17) is 0 Å². The van der Waals surface area contributed by atoms with Crippen LogP contribution in [0.1, 0.15) is 18.5 Å². The van der Waals surface area contributed by atoms with Gasteiger partial charge in [-0.1, -0.05) is 0 Å². The normalized spacial score (nSPS) is 19.4. The molecule has 1 fully saturated rings. The molecule has 1 saturated heterocycles. The van der Waals surface area contributed by atoms with Crippen molar-refractivity contribution in [3.05, 3.63) is 24.0 Å². The van der Waals surface area contributed by atoms with E-state index in [1.807, 2.05) is 19.1 Å². The highest BCUT2D eigenvalue weighted by atomic mass is 16.3. The van der Waals surface area contributed by atoms with Gasteiger partial charge in [-0.3, -0.25) is 0 Å². The van der Waals surface area contributed by atoms with Crippen molar-refractivity contribution in [2.45, 2.75) is 25.4 Å². The van der Waals surface area contributed by atoms with Crippen molar-refractivity contribution in [2.75, 3.05) is 32.0 Å². The molecule has 0 atom stereocenters. The lowest BCUT2D eigenvalue weighted by atomic mass is 9.91. The van der Waals surface area contributed by atoms with Gasteiger partial charge in [0.1, 0.15) is 5.82 Å². The van der Waals surface area contributed by atoms with Crippen LogP contribution in [0.3, 0.4) is 0 Å². The zero-order valence-electron chi connectivity index (χ0n) is 12.0. The molecule has 0 bridgehead atoms. The molecule has 1 aliphatic heterocycles. The monoisotopic (exact) mass is 275 g/mol. The molecule has 0 saturated carbocycles. The molecular weight excluding hydrogens is 254 g/mol. The quantitative estimate of drug-likeness (QED) is 0.871. The van der Waals surface area contributed by atoms with Crippen LogP contribution < -0.4 is 5.32 Å². The van der Waals surface area contributed by atoms with Crippen molar-refractivity contribution < 1.29 is 5.11 Å². The average molecular weight is 275 g/mol. The van der Waals surface area contributed by atoms with Gasteiger partial charge in [-0.15, -0.1) is 0 Å². The Morgan fingerprint density at radius 3 is 2.90 bits per heavy atom. The van der Waals surface area contributed by atoms with E-state index in [1.165, 1.54) is 0 Å². The maximum Gasteiger partial charge on any atom is 0.157 e. The number of piperidine rings is 1. The molecule has 0 spiro atoms. The van der Waals surface area contributed by atoms with E-state index in [0.717, 1.165) is 43.1 Å². The van der Waals surface area contributed by atoms with Crippen molar-refractivity contribution >= 4 is 11.5 Å². The second kappa shape index (κ2) is 5.03. The van der Waals surface area contributed by atoms with Crippen LogP contribution in [0.15, 0.2) is 18.3 Å². The van der Waals surface area contributed by atoms with E-state index < -0.39 is 5.60 Å². The molecule has 2 aromatic rings. The Hall–Kier alpha value is -1.66. The lowest BCUT2D eigenvalue weighted by Gasteiger charge is -2.36. The highest BCUT2D eigenvalue weighted by molar-refractivity contribution is 5.49. The summed E-state index contributed by atoms with van der Waals surface area (Å²) in [6, 6.07) is 3.83. The number of aromatic nitrogens is 3. The smallest absolute Gasteiger partial charge is 0.157 e. The first-order valence-corrected chi connectivity index (χ1v) is 7.02. The van der Waals surface area contributed by atoms with E-state index >= 15 is 0 Å². The molecule has 0 aromatic carbocycles. The number of anilines is 1. The van der Waals surface area contributed by atoms with Crippen molar-refractivity contribution in [3.8, 4) is 0 Å². The van der Waals surface area contributed by atoms with Crippen molar-refractivity contribution in [2.24, 2.45) is 0 Å². The topological polar surface area (TPSA) is 65.7 Å². The molecule has 0 amide bonds. The molecule has 0 radical (unpaired) electrons. The summed E-state index contributed by atoms with van der Waals surface area (Å²) < 4.78 is 1.77. The Labute approximate surface area is 118 Å². The van der Waals surface area contributed by atoms with Crippen LogP contribution in [0.2, 0.25) is 0 Å². The molecule has 3 rings (SSSR count). The highest BCUT2D eigenvalue weighted by Gasteiger charge is 2.31. The first kappa shape index (κ1) is 13.3. The fraction of sp³-hybridized carbons (Fsp3) is 0.571. The fourth-order valence-corrected chi connectivity index (χ4v) is 2.63. The zero-order valence-corrected chi connectivity index (χ0v) is 12.0. The summed E-state index contributed by atoms with van der Waals surface area (Å²) in [5.74, 6) is 0.879. The second-order valence-corrected chi connectivity index (χ2v) is 5.77. The van der Waals surface area contributed by atoms with E-state index in [1.54, 1.807) is 10.7 Å². The Kier molecular flexibility index (Phi) is 3.35. The lowest BCUT2D eigenvalue weighted by Crippen LogP contribution is -2.47. The van der Waals surface area contributed by atoms with Crippen LogP contribution >= 0.6 is 0 Å². The molecule has 0 unspecified atom stereocenters. The fourth-order valence-electron chi connectivity index (χ4n) is 2.63. The number of aliphatic hydroxyl groups is 1. The molecule has 2 aromatic heterocycles. The minimum atomic E-state index is -0.636. The number of fused-ring (bicyclic) bond motifs is 1. The van der Waals surface area contributed by atoms with Crippen LogP contribution in [0, 0.1) is 6.92 Å². The Morgan fingerprint density at radius 2 is 2.15 bits per heavy atom. The number of nitrogens with one attached hydrogen (secondary N) is 1. The molecule has 108 valence electrons. The number of hydrogen-bond acceptors (Lipinski definition) is 5. The lowest BCUT2D eigenvalue weighted by molar-refractivity contribution is -0.00412. The SMILES string of the molecule is Cc1cc(NCC2(O)CCN(C)CC2)n2nccc2n1. The largest absolute Gasteiger partial charge is 0.388 e. The Bertz CT molecular complexity index is 601. The summed E-state index contributed by atoms with van der Waals surface area (Å²) in [7, 11) is 2.09. The number of nitrogens with zero attached hydrogens (tertiary/aromatic N) is 4. The molecule has 20 heavy (non-hydrogen) atoms. The van der Waals surface area contributed by atoms with Gasteiger partial charge >= 0.3 is 0 Å². The van der Waals surface area contributed by atoms with Crippen molar-refractivity contribution in [1.82, 2.24) is 19.5 Å². The van der Waals surface area contributed by atoms with Gasteiger partial charge in [0.25, 0.3) is 0 Å². The van der Waals surface area contributed by atoms with Gasteiger partial charge in [-0.2, -0.15) is 9.61 Å². The van der Waals surface area contributed by atoms with Crippen LogP contribution in [0.25, 0.3) is 5.65 Å². The van der Waals surface area contributed by atoms with E-state index in [2.05, 4.69) is 27.3 Å². The molecule has 2 N–H and O–H groups in total. The molecular formula is C14H21N5O. The van der Waals surface area contributed by atoms with E-state index in [-0.39, 0.29) is 0 Å². The van der Waals surface area contributed by atoms with E-state index in [9.17, 15) is 5.11 Å². The van der Waals surface area contributed by atoms with Gasteiger partial charge < -0.3 is 15.3 Å². The predicted octanol–water partition coefficient (Wildman–Crippen LogP) is 0.906. The number of aryl methyl sites for hydroxylation is 1. The third kappa shape index (κ3) is 2.62. The summed E-state index contributed by atoms with van der Waals surface area (Å²) in [6.07, 6.45) is 3.32. The maximum atomic E-state index is 10.6. The standard InChI is InChI=1S/C14H21N5O/c1-11-9-13(19-12(17-11)3-6-16-19)15-10-14(20)4-7-18(2)8-5-14/h3,6,9,15,20H,4-5,7-8,10H2,1-2H3. The van der Waals surface area contributed by atoms with Crippen LogP contribution in [-0.2, 0) is 0 Å². The number of likely N-dealkylation sites (tertiary alicyclic amines) is 1. The highest BCUT2D eigenvalue weighted by Crippen LogP contribution is 2.22. The van der Waals surface area contributed by atoms with Gasteiger partial charge in [0.05, 0.1) is 11.8 Å². The molecule has 6 heteroatoms. The van der Waals surface area contributed by atoms with Crippen molar-refractivity contribution in [1.29, 1.82) is 0 Å². The molecule has 0 aliphatic carbocycles. The zero-order chi connectivity index (χ0) is 14.2. The second-order valence-electron chi connectivity index (χ2n) is 5.77. The number of rotatable bonds is 3. The predicted molar refractivity (Wildman–Crippen MR) is 77.9 cm³/mol. The molecule has 1 aliphatic rings. The minimum absolute atomic E-state index is 0.541. The number of hydrogen-bond donors (Lipinski definition) is 2. The molecule has 6 nitrogen and oxygen atoms in total. The molecule has 3 heterocycles. The van der Waals surface area contributed by atoms with Gasteiger partial charge in [0.2, 0.25) is 0 Å². The third-order valence-electron chi connectivity index (χ3n) is 4.00. The maximum absolute atomic E-state index is 10.6. The first-order chi connectivity index (χ1) is 9.56. The summed E-state index contributed by atoms with van der Waals surface area (Å²) in [4.78, 5) is 6.66. The summed E-state index contributed by atoms with van der Waals surface area (Å²) in [5, 5.41) is 18.2. The van der Waals surface area contributed by atoms with Crippen LogP contribution in [0.4, 0.5) is 5.82 Å². The minimum Gasteiger partial charge on any atom is -0.388 e. The average Bonchev–Trinajstić information content (AvgIpc) is 2.88. The first-order valence-electron chi connectivity index (χ1n) is 7.02. The third-order valence-corrected chi connectivity index (χ3v) is 4.00. The Morgan fingerprint density at radius 1 is 1.40 bits per heavy atom. The van der Waals surface area contributed by atoms with Gasteiger partial charge in [0, 0.05) is 37.5 Å². The van der Waals surface area contributed by atoms with E-state index in [0.29, 0.717) is 6.54 Å². The van der Waals surface area contributed by atoms with Crippen LogP contribution in [-0.4, -0.2) is 56.9 Å². The summed E-state index contributed by atoms with van der Waals surface area (Å²) in [5.41, 5.74) is 1.13. The summed E-state index contributed by atoms with van der Waals surface area (Å²) >= 11 is 0. The van der Waals surface area contributed by atoms with Gasteiger partial charge in [0.15, 0.2) is 5.65 Å².